The quantitative estimate of drug-likeness (QED) is 0.725. The van der Waals surface area contributed by atoms with E-state index >= 15 is 0 Å². The van der Waals surface area contributed by atoms with Gasteiger partial charge in [-0.1, -0.05) is 46.3 Å². The molecular weight excluding hydrogens is 294 g/mol. The number of thiophene rings is 1. The van der Waals surface area contributed by atoms with Crippen LogP contribution in [-0.2, 0) is 13.1 Å². The normalized spacial score (nSPS) is 10.9. The Morgan fingerprint density at radius 1 is 1.00 bits per heavy atom. The second-order valence-corrected chi connectivity index (χ2v) is 5.59. The summed E-state index contributed by atoms with van der Waals surface area (Å²) in [4.78, 5) is 2.46. The Hall–Kier alpha value is -0.640. The summed E-state index contributed by atoms with van der Waals surface area (Å²) in [6, 6.07) is 12.9. The maximum atomic E-state index is 3.53. The smallest absolute Gasteiger partial charge is 0.0245 e. The molecule has 0 bridgehead atoms. The molecule has 1 heterocycles. The minimum atomic E-state index is 1.02. The molecule has 2 rings (SSSR count). The largest absolute Gasteiger partial charge is 0.294 e. The first-order valence-electron chi connectivity index (χ1n) is 5.72. The minimum Gasteiger partial charge on any atom is -0.294 e. The van der Waals surface area contributed by atoms with Gasteiger partial charge < -0.3 is 0 Å². The van der Waals surface area contributed by atoms with E-state index in [1.807, 2.05) is 0 Å². The summed E-state index contributed by atoms with van der Waals surface area (Å²) < 4.78 is 0. The lowest BCUT2D eigenvalue weighted by molar-refractivity contribution is 0.275. The van der Waals surface area contributed by atoms with E-state index in [9.17, 15) is 0 Å². The molecule has 0 N–H and O–H groups in total. The molecule has 0 radical (unpaired) electrons. The number of rotatable bonds is 6. The van der Waals surface area contributed by atoms with Gasteiger partial charge in [0.15, 0.2) is 0 Å². The van der Waals surface area contributed by atoms with Crippen LogP contribution in [0.4, 0.5) is 0 Å². The highest BCUT2D eigenvalue weighted by atomic mass is 79.9. The molecule has 0 fully saturated rings. The van der Waals surface area contributed by atoms with Crippen LogP contribution in [0.3, 0.4) is 0 Å². The molecule has 0 aliphatic rings. The Morgan fingerprint density at radius 2 is 1.76 bits per heavy atom. The Kier molecular flexibility index (Phi) is 5.23. The number of hydrogen-bond donors (Lipinski definition) is 0. The number of benzene rings is 1. The molecule has 0 saturated heterocycles. The predicted octanol–water partition coefficient (Wildman–Crippen LogP) is 4.15. The van der Waals surface area contributed by atoms with E-state index < -0.39 is 0 Å². The van der Waals surface area contributed by atoms with Crippen molar-refractivity contribution in [1.29, 1.82) is 0 Å². The van der Waals surface area contributed by atoms with Crippen molar-refractivity contribution in [1.82, 2.24) is 4.90 Å². The van der Waals surface area contributed by atoms with Gasteiger partial charge in [0, 0.05) is 25.0 Å². The predicted molar refractivity (Wildman–Crippen MR) is 78.7 cm³/mol. The summed E-state index contributed by atoms with van der Waals surface area (Å²) in [5, 5.41) is 5.39. The third-order valence-corrected chi connectivity index (χ3v) is 3.72. The summed E-state index contributed by atoms with van der Waals surface area (Å²) >= 11 is 5.30. The van der Waals surface area contributed by atoms with Crippen LogP contribution in [0.5, 0.6) is 0 Å². The van der Waals surface area contributed by atoms with Gasteiger partial charge >= 0.3 is 0 Å². The van der Waals surface area contributed by atoms with Crippen molar-refractivity contribution >= 4 is 27.3 Å². The van der Waals surface area contributed by atoms with E-state index in [2.05, 4.69) is 68.0 Å². The molecule has 90 valence electrons. The lowest BCUT2D eigenvalue weighted by Crippen LogP contribution is -2.24. The van der Waals surface area contributed by atoms with Crippen molar-refractivity contribution in [3.63, 3.8) is 0 Å². The van der Waals surface area contributed by atoms with Gasteiger partial charge in [-0.3, -0.25) is 4.90 Å². The van der Waals surface area contributed by atoms with E-state index in [4.69, 9.17) is 0 Å². The van der Waals surface area contributed by atoms with E-state index in [0.29, 0.717) is 0 Å². The van der Waals surface area contributed by atoms with Crippen molar-refractivity contribution in [2.24, 2.45) is 0 Å². The van der Waals surface area contributed by atoms with Crippen molar-refractivity contribution in [3.8, 4) is 0 Å². The van der Waals surface area contributed by atoms with Crippen LogP contribution in [0.1, 0.15) is 11.1 Å². The summed E-state index contributed by atoms with van der Waals surface area (Å²) in [7, 11) is 0. The van der Waals surface area contributed by atoms with Crippen LogP contribution in [0.25, 0.3) is 0 Å². The average Bonchev–Trinajstić information content (AvgIpc) is 2.83. The molecule has 2 aromatic rings. The molecule has 0 unspecified atom stereocenters. The summed E-state index contributed by atoms with van der Waals surface area (Å²) in [6.07, 6.45) is 0. The molecule has 17 heavy (non-hydrogen) atoms. The third-order valence-electron chi connectivity index (χ3n) is 2.64. The van der Waals surface area contributed by atoms with Crippen LogP contribution in [-0.4, -0.2) is 16.8 Å². The van der Waals surface area contributed by atoms with E-state index in [0.717, 1.165) is 25.0 Å². The Bertz CT molecular complexity index is 413. The molecule has 3 heteroatoms. The molecule has 0 atom stereocenters. The topological polar surface area (TPSA) is 3.24 Å². The monoisotopic (exact) mass is 309 g/mol. The van der Waals surface area contributed by atoms with Gasteiger partial charge in [0.05, 0.1) is 0 Å². The molecule has 1 aromatic heterocycles. The first-order chi connectivity index (χ1) is 8.38. The third kappa shape index (κ3) is 4.26. The van der Waals surface area contributed by atoms with E-state index in [1.54, 1.807) is 11.3 Å². The van der Waals surface area contributed by atoms with Crippen LogP contribution >= 0.6 is 27.3 Å². The summed E-state index contributed by atoms with van der Waals surface area (Å²) in [6.45, 7) is 3.12. The van der Waals surface area contributed by atoms with Crippen LogP contribution < -0.4 is 0 Å². The van der Waals surface area contributed by atoms with E-state index in [-0.39, 0.29) is 0 Å². The highest BCUT2D eigenvalue weighted by Gasteiger charge is 2.06. The van der Waals surface area contributed by atoms with Gasteiger partial charge in [-0.15, -0.1) is 0 Å². The zero-order valence-corrected chi connectivity index (χ0v) is 12.1. The van der Waals surface area contributed by atoms with E-state index in [1.165, 1.54) is 11.1 Å². The molecule has 1 nitrogen and oxygen atoms in total. The SMILES string of the molecule is BrCCN(Cc1ccccc1)Cc1ccsc1. The van der Waals surface area contributed by atoms with Gasteiger partial charge in [-0.2, -0.15) is 11.3 Å². The molecule has 1 aromatic carbocycles. The first-order valence-corrected chi connectivity index (χ1v) is 7.78. The summed E-state index contributed by atoms with van der Waals surface area (Å²) in [5.74, 6) is 0. The standard InChI is InChI=1S/C14H16BrNS/c15-7-8-16(11-14-6-9-17-12-14)10-13-4-2-1-3-5-13/h1-6,9,12H,7-8,10-11H2. The maximum Gasteiger partial charge on any atom is 0.0245 e. The van der Waals surface area contributed by atoms with Gasteiger partial charge in [0.25, 0.3) is 0 Å². The second kappa shape index (κ2) is 6.94. The van der Waals surface area contributed by atoms with Gasteiger partial charge in [0.2, 0.25) is 0 Å². The fourth-order valence-corrected chi connectivity index (χ4v) is 2.98. The average molecular weight is 310 g/mol. The highest BCUT2D eigenvalue weighted by molar-refractivity contribution is 9.09. The number of hydrogen-bond acceptors (Lipinski definition) is 2. The lowest BCUT2D eigenvalue weighted by Gasteiger charge is -2.20. The zero-order chi connectivity index (χ0) is 11.9. The van der Waals surface area contributed by atoms with Crippen molar-refractivity contribution in [2.75, 3.05) is 11.9 Å². The van der Waals surface area contributed by atoms with Crippen molar-refractivity contribution < 1.29 is 0 Å². The molecular formula is C14H16BrNS. The number of halogens is 1. The van der Waals surface area contributed by atoms with Crippen LogP contribution in [0.2, 0.25) is 0 Å². The minimum absolute atomic E-state index is 1.02. The zero-order valence-electron chi connectivity index (χ0n) is 9.68. The highest BCUT2D eigenvalue weighted by Crippen LogP contribution is 2.12. The summed E-state index contributed by atoms with van der Waals surface area (Å²) in [5.41, 5.74) is 2.79. The lowest BCUT2D eigenvalue weighted by atomic mass is 10.2. The van der Waals surface area contributed by atoms with Crippen LogP contribution in [0, 0.1) is 0 Å². The fourth-order valence-electron chi connectivity index (χ4n) is 1.82. The molecule has 0 spiro atoms. The molecule has 0 aliphatic carbocycles. The number of alkyl halides is 1. The van der Waals surface area contributed by atoms with Gasteiger partial charge in [-0.25, -0.2) is 0 Å². The molecule has 0 aliphatic heterocycles. The number of nitrogens with zero attached hydrogens (tertiary/aromatic N) is 1. The first kappa shape index (κ1) is 12.8. The van der Waals surface area contributed by atoms with Gasteiger partial charge in [0.1, 0.15) is 0 Å². The fraction of sp³-hybridized carbons (Fsp3) is 0.286. The Morgan fingerprint density at radius 3 is 2.41 bits per heavy atom. The molecule has 0 saturated carbocycles. The Labute approximate surface area is 115 Å². The maximum absolute atomic E-state index is 3.53. The Balaban J connectivity index is 1.97. The van der Waals surface area contributed by atoms with Crippen molar-refractivity contribution in [2.45, 2.75) is 13.1 Å². The second-order valence-electron chi connectivity index (χ2n) is 4.02. The molecule has 0 amide bonds. The van der Waals surface area contributed by atoms with Crippen molar-refractivity contribution in [3.05, 3.63) is 58.3 Å². The van der Waals surface area contributed by atoms with Crippen LogP contribution in [0.15, 0.2) is 47.2 Å². The van der Waals surface area contributed by atoms with Gasteiger partial charge in [-0.05, 0) is 28.0 Å².